The first-order chi connectivity index (χ1) is 19.1. The number of thiazole rings is 1. The Morgan fingerprint density at radius 3 is 2.75 bits per heavy atom. The minimum atomic E-state index is -0.785. The van der Waals surface area contributed by atoms with Gasteiger partial charge in [0, 0.05) is 24.0 Å². The van der Waals surface area contributed by atoms with Gasteiger partial charge in [0.15, 0.2) is 5.13 Å². The number of morpholine rings is 1. The predicted octanol–water partition coefficient (Wildman–Crippen LogP) is 2.69. The van der Waals surface area contributed by atoms with Crippen LogP contribution in [0.25, 0.3) is 0 Å². The number of aliphatic hydroxyl groups excluding tert-OH is 1. The van der Waals surface area contributed by atoms with Crippen molar-refractivity contribution in [3.8, 4) is 5.75 Å². The monoisotopic (exact) mass is 571 g/mol. The number of amides is 1. The van der Waals surface area contributed by atoms with E-state index in [2.05, 4.69) is 15.2 Å². The zero-order valence-electron chi connectivity index (χ0n) is 23.5. The highest BCUT2D eigenvalue weighted by atomic mass is 32.1. The molecule has 2 unspecified atom stereocenters. The molecule has 2 aromatic rings. The van der Waals surface area contributed by atoms with Gasteiger partial charge >= 0.3 is 5.97 Å². The minimum Gasteiger partial charge on any atom is -0.492 e. The molecule has 1 fully saturated rings. The third-order valence-electron chi connectivity index (χ3n) is 6.86. The fourth-order valence-corrected chi connectivity index (χ4v) is 5.49. The molecule has 3 heterocycles. The Bertz CT molecular complexity index is 1300. The van der Waals surface area contributed by atoms with E-state index in [9.17, 15) is 14.7 Å². The number of fused-ring (bicyclic) bond motifs is 1. The predicted molar refractivity (Wildman–Crippen MR) is 153 cm³/mol. The molecule has 4 atom stereocenters. The standard InChI is InChI=1S/C28H37N5O6S/c1-6-23(33-11-16(2)38-17(3)12-33)31-25(21-13-40-27(30-21)32-24(35)10-29)18(4)39-26(36)19-7-8-22-20(9-19)28(5,14-34)15-37-22/h6-9,13,16-18,34H,10-12,14-15,29H2,1-5H3,(H,30,32,35)/b23-6+,31-25+/t16-,17+,18?,28?. The average molecular weight is 572 g/mol. The Kier molecular flexibility index (Phi) is 9.24. The van der Waals surface area contributed by atoms with Gasteiger partial charge in [0.05, 0.1) is 42.9 Å². The van der Waals surface area contributed by atoms with E-state index in [4.69, 9.17) is 24.9 Å². The Labute approximate surface area is 238 Å². The van der Waals surface area contributed by atoms with E-state index >= 15 is 0 Å². The minimum absolute atomic E-state index is 0.0262. The number of aliphatic hydroxyl groups is 1. The summed E-state index contributed by atoms with van der Waals surface area (Å²) >= 11 is 1.23. The maximum absolute atomic E-state index is 13.3. The Morgan fingerprint density at radius 1 is 1.38 bits per heavy atom. The third kappa shape index (κ3) is 6.52. The lowest BCUT2D eigenvalue weighted by Crippen LogP contribution is -2.44. The molecule has 1 aromatic heterocycles. The second kappa shape index (κ2) is 12.5. The number of ether oxygens (including phenoxy) is 3. The maximum Gasteiger partial charge on any atom is 0.338 e. The molecule has 11 nitrogen and oxygen atoms in total. The molecule has 0 spiro atoms. The third-order valence-corrected chi connectivity index (χ3v) is 7.62. The first kappa shape index (κ1) is 29.7. The van der Waals surface area contributed by atoms with Crippen LogP contribution in [0, 0.1) is 0 Å². The molecule has 1 amide bonds. The van der Waals surface area contributed by atoms with Crippen LogP contribution in [-0.2, 0) is 19.7 Å². The lowest BCUT2D eigenvalue weighted by molar-refractivity contribution is -0.114. The molecular formula is C28H37N5O6S. The van der Waals surface area contributed by atoms with E-state index in [1.54, 1.807) is 30.5 Å². The summed E-state index contributed by atoms with van der Waals surface area (Å²) in [5, 5.41) is 14.7. The summed E-state index contributed by atoms with van der Waals surface area (Å²) in [4.78, 5) is 36.7. The summed E-state index contributed by atoms with van der Waals surface area (Å²) in [7, 11) is 0. The Balaban J connectivity index is 1.64. The van der Waals surface area contributed by atoms with Crippen LogP contribution >= 0.6 is 11.3 Å². The van der Waals surface area contributed by atoms with Crippen LogP contribution < -0.4 is 15.8 Å². The molecule has 216 valence electrons. The van der Waals surface area contributed by atoms with Gasteiger partial charge in [0.2, 0.25) is 5.91 Å². The smallest absolute Gasteiger partial charge is 0.338 e. The van der Waals surface area contributed by atoms with Gasteiger partial charge in [-0.2, -0.15) is 0 Å². The van der Waals surface area contributed by atoms with Gasteiger partial charge in [-0.1, -0.05) is 0 Å². The van der Waals surface area contributed by atoms with Gasteiger partial charge in [-0.05, 0) is 58.9 Å². The summed E-state index contributed by atoms with van der Waals surface area (Å²) in [5.74, 6) is 0.441. The van der Waals surface area contributed by atoms with Crippen molar-refractivity contribution < 1.29 is 28.9 Å². The maximum atomic E-state index is 13.3. The highest BCUT2D eigenvalue weighted by molar-refractivity contribution is 7.14. The number of hydrogen-bond donors (Lipinski definition) is 3. The number of esters is 1. The summed E-state index contributed by atoms with van der Waals surface area (Å²) in [6.45, 7) is 10.9. The summed E-state index contributed by atoms with van der Waals surface area (Å²) in [6.07, 6.45) is 1.17. The molecule has 12 heteroatoms. The van der Waals surface area contributed by atoms with Crippen LogP contribution in [0.4, 0.5) is 5.13 Å². The number of allylic oxidation sites excluding steroid dienone is 1. The number of nitrogens with two attached hydrogens (primary N) is 1. The van der Waals surface area contributed by atoms with Crippen LogP contribution in [0.5, 0.6) is 5.75 Å². The molecule has 1 saturated heterocycles. The van der Waals surface area contributed by atoms with Gasteiger partial charge < -0.3 is 35.3 Å². The number of aromatic nitrogens is 1. The molecule has 4 rings (SSSR count). The Hall–Kier alpha value is -3.32. The molecule has 2 aliphatic rings. The molecular weight excluding hydrogens is 534 g/mol. The van der Waals surface area contributed by atoms with Crippen molar-refractivity contribution in [3.63, 3.8) is 0 Å². The number of rotatable bonds is 9. The molecule has 1 aromatic carbocycles. The summed E-state index contributed by atoms with van der Waals surface area (Å²) in [6, 6.07) is 5.07. The van der Waals surface area contributed by atoms with Crippen molar-refractivity contribution in [3.05, 3.63) is 52.3 Å². The van der Waals surface area contributed by atoms with Crippen molar-refractivity contribution in [2.75, 3.05) is 38.2 Å². The first-order valence-electron chi connectivity index (χ1n) is 13.3. The number of carbonyl (C=O) groups is 2. The lowest BCUT2D eigenvalue weighted by Gasteiger charge is -2.37. The van der Waals surface area contributed by atoms with Crippen LogP contribution in [-0.4, -0.2) is 83.7 Å². The van der Waals surface area contributed by atoms with Crippen molar-refractivity contribution in [2.45, 2.75) is 58.3 Å². The fraction of sp³-hybridized carbons (Fsp3) is 0.500. The molecule has 0 radical (unpaired) electrons. The van der Waals surface area contributed by atoms with Gasteiger partial charge in [-0.3, -0.25) is 4.79 Å². The molecule has 0 bridgehead atoms. The number of anilines is 1. The molecule has 0 aliphatic carbocycles. The number of nitrogens with one attached hydrogen (secondary N) is 1. The summed E-state index contributed by atoms with van der Waals surface area (Å²) in [5.41, 5.74) is 6.84. The van der Waals surface area contributed by atoms with Crippen LogP contribution in [0.2, 0.25) is 0 Å². The second-order valence-corrected chi connectivity index (χ2v) is 11.2. The largest absolute Gasteiger partial charge is 0.492 e. The number of nitrogens with zero attached hydrogens (tertiary/aromatic N) is 3. The molecule has 2 aliphatic heterocycles. The SMILES string of the molecule is C/C=C(\N=C(\c1csc(NC(=O)CN)n1)C(C)OC(=O)c1ccc2c(c1)C(C)(CO)CO2)N1C[C@@H](C)O[C@@H](C)C1. The molecule has 40 heavy (non-hydrogen) atoms. The van der Waals surface area contributed by atoms with Crippen molar-refractivity contribution in [1.82, 2.24) is 9.88 Å². The van der Waals surface area contributed by atoms with Crippen LogP contribution in [0.15, 0.2) is 40.5 Å². The molecule has 4 N–H and O–H groups in total. The second-order valence-electron chi connectivity index (χ2n) is 10.4. The van der Waals surface area contributed by atoms with E-state index in [1.165, 1.54) is 11.3 Å². The number of benzene rings is 1. The summed E-state index contributed by atoms with van der Waals surface area (Å²) < 4.78 is 17.5. The zero-order chi connectivity index (χ0) is 29.0. The van der Waals surface area contributed by atoms with Gasteiger partial charge in [-0.25, -0.2) is 14.8 Å². The number of hydrogen-bond acceptors (Lipinski definition) is 11. The van der Waals surface area contributed by atoms with Crippen molar-refractivity contribution in [1.29, 1.82) is 0 Å². The van der Waals surface area contributed by atoms with Gasteiger partial charge in [0.25, 0.3) is 0 Å². The topological polar surface area (TPSA) is 149 Å². The van der Waals surface area contributed by atoms with E-state index in [0.29, 0.717) is 53.4 Å². The molecule has 0 saturated carbocycles. The normalized spacial score (nSPS) is 23.8. The van der Waals surface area contributed by atoms with Gasteiger partial charge in [-0.15, -0.1) is 11.3 Å². The van der Waals surface area contributed by atoms with Crippen LogP contribution in [0.1, 0.15) is 56.2 Å². The Morgan fingerprint density at radius 2 is 2.10 bits per heavy atom. The lowest BCUT2D eigenvalue weighted by atomic mass is 9.85. The quantitative estimate of drug-likeness (QED) is 0.305. The zero-order valence-corrected chi connectivity index (χ0v) is 24.3. The van der Waals surface area contributed by atoms with E-state index in [1.807, 2.05) is 33.8 Å². The number of aliphatic imine (C=N–C) groups is 1. The van der Waals surface area contributed by atoms with Crippen LogP contribution in [0.3, 0.4) is 0 Å². The van der Waals surface area contributed by atoms with Gasteiger partial charge in [0.1, 0.15) is 29.1 Å². The van der Waals surface area contributed by atoms with E-state index in [-0.39, 0.29) is 31.3 Å². The highest BCUT2D eigenvalue weighted by Crippen LogP contribution is 2.39. The highest BCUT2D eigenvalue weighted by Gasteiger charge is 2.36. The fourth-order valence-electron chi connectivity index (χ4n) is 4.77. The average Bonchev–Trinajstić information content (AvgIpc) is 3.52. The van der Waals surface area contributed by atoms with Crippen molar-refractivity contribution in [2.24, 2.45) is 10.7 Å². The van der Waals surface area contributed by atoms with Crippen molar-refractivity contribution >= 4 is 34.1 Å². The van der Waals surface area contributed by atoms with E-state index in [0.717, 1.165) is 5.56 Å². The number of carbonyl (C=O) groups excluding carboxylic acids is 2. The first-order valence-corrected chi connectivity index (χ1v) is 14.1. The van der Waals surface area contributed by atoms with E-state index < -0.39 is 17.5 Å².